The number of aliphatic hydroxyl groups excluding tert-OH is 1. The van der Waals surface area contributed by atoms with Crippen LogP contribution in [0.5, 0.6) is 0 Å². The number of rotatable bonds is 8. The van der Waals surface area contributed by atoms with E-state index in [2.05, 4.69) is 39.8 Å². The Kier molecular flexibility index (Phi) is 6.56. The lowest BCUT2D eigenvalue weighted by atomic mass is 9.52. The molecule has 2 aliphatic rings. The Morgan fingerprint density at radius 1 is 1.22 bits per heavy atom. The largest absolute Gasteiger partial charge is 0.472 e. The topological polar surface area (TPSA) is 33.4 Å². The maximum absolute atomic E-state index is 9.94. The van der Waals surface area contributed by atoms with E-state index in [1.165, 1.54) is 37.7 Å². The van der Waals surface area contributed by atoms with Crippen molar-refractivity contribution in [2.75, 3.05) is 6.61 Å². The average Bonchev–Trinajstić information content (AvgIpc) is 3.14. The van der Waals surface area contributed by atoms with E-state index in [1.54, 1.807) is 11.8 Å². The van der Waals surface area contributed by atoms with Crippen LogP contribution in [0.1, 0.15) is 84.6 Å². The highest BCUT2D eigenvalue weighted by atomic mass is 16.3. The van der Waals surface area contributed by atoms with E-state index in [1.807, 2.05) is 6.26 Å². The van der Waals surface area contributed by atoms with Crippen LogP contribution in [-0.4, -0.2) is 11.7 Å². The molecule has 0 bridgehead atoms. The molecular weight excluding hydrogens is 332 g/mol. The second-order valence-electron chi connectivity index (χ2n) is 10.2. The number of allylic oxidation sites excluding steroid dienone is 2. The zero-order valence-electron chi connectivity index (χ0n) is 18.0. The van der Waals surface area contributed by atoms with Crippen LogP contribution in [0.4, 0.5) is 0 Å². The smallest absolute Gasteiger partial charge is 0.0934 e. The van der Waals surface area contributed by atoms with E-state index >= 15 is 0 Å². The van der Waals surface area contributed by atoms with Crippen molar-refractivity contribution in [2.24, 2.45) is 28.6 Å². The molecule has 2 nitrogen and oxygen atoms in total. The van der Waals surface area contributed by atoms with Crippen LogP contribution in [0.25, 0.3) is 0 Å². The first kappa shape index (κ1) is 20.7. The van der Waals surface area contributed by atoms with E-state index in [9.17, 15) is 5.11 Å². The van der Waals surface area contributed by atoms with Crippen LogP contribution in [0.15, 0.2) is 34.7 Å². The summed E-state index contributed by atoms with van der Waals surface area (Å²) in [6.07, 6.45) is 17.2. The molecule has 1 heterocycles. The van der Waals surface area contributed by atoms with E-state index in [0.717, 1.165) is 37.5 Å². The number of hydrogen-bond donors (Lipinski definition) is 1. The molecule has 0 radical (unpaired) electrons. The highest BCUT2D eigenvalue weighted by molar-refractivity contribution is 5.25. The summed E-state index contributed by atoms with van der Waals surface area (Å²) in [4.78, 5) is 0. The molecule has 2 aliphatic carbocycles. The molecule has 0 amide bonds. The minimum absolute atomic E-state index is 0.318. The Bertz CT molecular complexity index is 612. The lowest BCUT2D eigenvalue weighted by Gasteiger charge is -2.53. The summed E-state index contributed by atoms with van der Waals surface area (Å²) < 4.78 is 5.16. The minimum atomic E-state index is 0.318. The molecular formula is C25H40O2. The van der Waals surface area contributed by atoms with Gasteiger partial charge in [-0.1, -0.05) is 39.3 Å². The first-order chi connectivity index (χ1) is 12.9. The second-order valence-corrected chi connectivity index (χ2v) is 10.2. The van der Waals surface area contributed by atoms with Gasteiger partial charge in [-0.15, -0.1) is 0 Å². The quantitative estimate of drug-likeness (QED) is 0.510. The van der Waals surface area contributed by atoms with E-state index < -0.39 is 0 Å². The Hall–Kier alpha value is -1.02. The Morgan fingerprint density at radius 2 is 2.04 bits per heavy atom. The number of hydrogen-bond acceptors (Lipinski definition) is 2. The summed E-state index contributed by atoms with van der Waals surface area (Å²) >= 11 is 0. The summed E-state index contributed by atoms with van der Waals surface area (Å²) in [6, 6.07) is 2.05. The van der Waals surface area contributed by atoms with Crippen molar-refractivity contribution in [1.29, 1.82) is 0 Å². The van der Waals surface area contributed by atoms with Crippen LogP contribution < -0.4 is 0 Å². The van der Waals surface area contributed by atoms with Gasteiger partial charge in [-0.3, -0.25) is 0 Å². The summed E-state index contributed by atoms with van der Waals surface area (Å²) in [5, 5.41) is 9.94. The number of furan rings is 1. The molecule has 1 saturated carbocycles. The minimum Gasteiger partial charge on any atom is -0.472 e. The molecule has 0 aromatic carbocycles. The zero-order valence-corrected chi connectivity index (χ0v) is 18.0. The van der Waals surface area contributed by atoms with Crippen molar-refractivity contribution < 1.29 is 9.52 Å². The predicted octanol–water partition coefficient (Wildman–Crippen LogP) is 6.79. The average molecular weight is 373 g/mol. The molecule has 1 N–H and O–H groups in total. The van der Waals surface area contributed by atoms with E-state index in [4.69, 9.17) is 4.42 Å². The van der Waals surface area contributed by atoms with Gasteiger partial charge in [0.1, 0.15) is 0 Å². The standard InChI is InChI=1S/C25H40O2/c1-19-10-11-22-23(9-6-14-24(22,2)3)25(19,4)15-12-20(17-26)7-5-8-21-13-16-27-18-21/h9,13,16,18-20,22,26H,5-8,10-12,14-15,17H2,1-4H3/t19-,20?,22-,25-/m1/s1. The third kappa shape index (κ3) is 4.53. The van der Waals surface area contributed by atoms with Gasteiger partial charge in [0.15, 0.2) is 0 Å². The molecule has 27 heavy (non-hydrogen) atoms. The monoisotopic (exact) mass is 372 g/mol. The fourth-order valence-corrected chi connectivity index (χ4v) is 5.79. The number of aryl methyl sites for hydroxylation is 1. The maximum Gasteiger partial charge on any atom is 0.0934 e. The van der Waals surface area contributed by atoms with Gasteiger partial charge in [-0.2, -0.15) is 0 Å². The van der Waals surface area contributed by atoms with Crippen LogP contribution in [0, 0.1) is 28.6 Å². The first-order valence-corrected chi connectivity index (χ1v) is 11.2. The van der Waals surface area contributed by atoms with Gasteiger partial charge in [0.05, 0.1) is 12.5 Å². The van der Waals surface area contributed by atoms with E-state index in [0.29, 0.717) is 23.4 Å². The number of fused-ring (bicyclic) bond motifs is 1. The molecule has 4 atom stereocenters. The molecule has 1 fully saturated rings. The summed E-state index contributed by atoms with van der Waals surface area (Å²) in [6.45, 7) is 10.3. The molecule has 0 aliphatic heterocycles. The van der Waals surface area contributed by atoms with Gasteiger partial charge in [0.2, 0.25) is 0 Å². The summed E-state index contributed by atoms with van der Waals surface area (Å²) in [7, 11) is 0. The van der Waals surface area contributed by atoms with Crippen LogP contribution in [0.3, 0.4) is 0 Å². The van der Waals surface area contributed by atoms with Gasteiger partial charge in [0, 0.05) is 6.61 Å². The number of aliphatic hydroxyl groups is 1. The SMILES string of the molecule is C[C@@H]1CC[C@@H]2C(=CCCC2(C)C)[C@]1(C)CCC(CO)CCCc1ccoc1. The van der Waals surface area contributed by atoms with Crippen molar-refractivity contribution in [1.82, 2.24) is 0 Å². The molecule has 1 unspecified atom stereocenters. The Morgan fingerprint density at radius 3 is 2.74 bits per heavy atom. The third-order valence-corrected chi connectivity index (χ3v) is 8.10. The van der Waals surface area contributed by atoms with Gasteiger partial charge < -0.3 is 9.52 Å². The molecule has 0 saturated heterocycles. The highest BCUT2D eigenvalue weighted by Crippen LogP contribution is 2.58. The van der Waals surface area contributed by atoms with Gasteiger partial charge in [-0.05, 0) is 98.0 Å². The molecule has 0 spiro atoms. The fourth-order valence-electron chi connectivity index (χ4n) is 5.79. The van der Waals surface area contributed by atoms with Gasteiger partial charge in [-0.25, -0.2) is 0 Å². The molecule has 1 aromatic heterocycles. The third-order valence-electron chi connectivity index (χ3n) is 8.10. The van der Waals surface area contributed by atoms with Crippen molar-refractivity contribution in [3.05, 3.63) is 35.8 Å². The second kappa shape index (κ2) is 8.55. The maximum atomic E-state index is 9.94. The molecule has 2 heteroatoms. The van der Waals surface area contributed by atoms with Gasteiger partial charge in [0.25, 0.3) is 0 Å². The van der Waals surface area contributed by atoms with Crippen LogP contribution in [-0.2, 0) is 6.42 Å². The molecule has 1 aromatic rings. The summed E-state index contributed by atoms with van der Waals surface area (Å²) in [5.74, 6) is 1.94. The first-order valence-electron chi connectivity index (χ1n) is 11.2. The normalized spacial score (nSPS) is 31.2. The predicted molar refractivity (Wildman–Crippen MR) is 113 cm³/mol. The highest BCUT2D eigenvalue weighted by Gasteiger charge is 2.47. The Balaban J connectivity index is 1.60. The fraction of sp³-hybridized carbons (Fsp3) is 0.760. The van der Waals surface area contributed by atoms with Gasteiger partial charge >= 0.3 is 0 Å². The summed E-state index contributed by atoms with van der Waals surface area (Å²) in [5.41, 5.74) is 3.80. The van der Waals surface area contributed by atoms with Crippen molar-refractivity contribution in [3.8, 4) is 0 Å². The lowest BCUT2D eigenvalue weighted by Crippen LogP contribution is -2.43. The Labute approximate surface area is 166 Å². The lowest BCUT2D eigenvalue weighted by molar-refractivity contribution is 0.0721. The molecule has 152 valence electrons. The van der Waals surface area contributed by atoms with Crippen molar-refractivity contribution in [3.63, 3.8) is 0 Å². The van der Waals surface area contributed by atoms with Crippen molar-refractivity contribution >= 4 is 0 Å². The van der Waals surface area contributed by atoms with Crippen molar-refractivity contribution in [2.45, 2.75) is 85.5 Å². The molecule has 3 rings (SSSR count). The van der Waals surface area contributed by atoms with E-state index in [-0.39, 0.29) is 0 Å². The van der Waals surface area contributed by atoms with Crippen LogP contribution >= 0.6 is 0 Å². The van der Waals surface area contributed by atoms with Crippen LogP contribution in [0.2, 0.25) is 0 Å². The zero-order chi connectivity index (χ0) is 19.5.